The van der Waals surface area contributed by atoms with Crippen LogP contribution in [0.2, 0.25) is 0 Å². The molecule has 0 saturated carbocycles. The molecule has 0 saturated heterocycles. The molecular formula is C14H18N4O2S. The summed E-state index contributed by atoms with van der Waals surface area (Å²) in [4.78, 5) is 12.6. The Kier molecular flexibility index (Phi) is 4.44. The summed E-state index contributed by atoms with van der Waals surface area (Å²) in [7, 11) is 0. The van der Waals surface area contributed by atoms with E-state index in [-0.39, 0.29) is 22.0 Å². The summed E-state index contributed by atoms with van der Waals surface area (Å²) in [6, 6.07) is 6.80. The van der Waals surface area contributed by atoms with Crippen LogP contribution in [0.5, 0.6) is 5.75 Å². The number of nitrogens with one attached hydrogen (secondary N) is 2. The molecule has 1 aromatic heterocycles. The van der Waals surface area contributed by atoms with E-state index in [0.717, 1.165) is 0 Å². The highest BCUT2D eigenvalue weighted by atomic mass is 32.1. The van der Waals surface area contributed by atoms with E-state index in [1.165, 1.54) is 0 Å². The van der Waals surface area contributed by atoms with Gasteiger partial charge in [-0.05, 0) is 38.2 Å². The van der Waals surface area contributed by atoms with Crippen molar-refractivity contribution in [3.63, 3.8) is 0 Å². The average molecular weight is 306 g/mol. The van der Waals surface area contributed by atoms with Crippen molar-refractivity contribution < 1.29 is 5.11 Å². The lowest BCUT2D eigenvalue weighted by Gasteiger charge is -2.19. The summed E-state index contributed by atoms with van der Waals surface area (Å²) in [5.74, 6) is -0.0231. The molecule has 2 aromatic rings. The van der Waals surface area contributed by atoms with Crippen LogP contribution in [0, 0.1) is 0 Å². The number of aromatic hydroxyl groups is 1. The number of para-hydroxylation sites is 1. The highest BCUT2D eigenvalue weighted by Crippen LogP contribution is 2.29. The maximum absolute atomic E-state index is 12.6. The molecule has 1 unspecified atom stereocenters. The molecule has 1 heterocycles. The van der Waals surface area contributed by atoms with Gasteiger partial charge in [-0.25, -0.2) is 5.43 Å². The summed E-state index contributed by atoms with van der Waals surface area (Å²) in [6.45, 7) is 4.15. The van der Waals surface area contributed by atoms with E-state index in [0.29, 0.717) is 17.4 Å². The fraction of sp³-hybridized carbons (Fsp3) is 0.286. The Balaban J connectivity index is 2.63. The summed E-state index contributed by atoms with van der Waals surface area (Å²) in [5, 5.41) is 11.1. The van der Waals surface area contributed by atoms with Crippen molar-refractivity contribution in [1.82, 2.24) is 15.4 Å². The summed E-state index contributed by atoms with van der Waals surface area (Å²) < 4.78 is 1.63. The lowest BCUT2D eigenvalue weighted by molar-refractivity contribution is 0.447. The number of thiocarbonyl (C=S) groups is 1. The number of nitrogens with two attached hydrogens (primary N) is 1. The van der Waals surface area contributed by atoms with Gasteiger partial charge in [0.25, 0.3) is 5.56 Å². The van der Waals surface area contributed by atoms with E-state index in [1.54, 1.807) is 17.6 Å². The van der Waals surface area contributed by atoms with Crippen molar-refractivity contribution in [2.45, 2.75) is 26.4 Å². The van der Waals surface area contributed by atoms with Crippen molar-refractivity contribution in [2.75, 3.05) is 0 Å². The fourth-order valence-corrected chi connectivity index (χ4v) is 2.43. The predicted molar refractivity (Wildman–Crippen MR) is 87.0 cm³/mol. The van der Waals surface area contributed by atoms with Crippen molar-refractivity contribution in [3.05, 3.63) is 40.2 Å². The Bertz CT molecular complexity index is 742. The number of nitrogens with zero attached hydrogens (tertiary/aromatic N) is 1. The molecule has 6 nitrogen and oxygen atoms in total. The summed E-state index contributed by atoms with van der Waals surface area (Å²) in [5.41, 5.74) is 11.5. The summed E-state index contributed by atoms with van der Waals surface area (Å²) >= 11 is 4.71. The molecule has 5 N–H and O–H groups in total. The van der Waals surface area contributed by atoms with E-state index < -0.39 is 6.04 Å². The molecule has 0 fully saturated rings. The molecule has 0 aliphatic rings. The number of hydrazine groups is 1. The number of fused-ring (bicyclic) bond motifs is 1. The molecule has 0 radical (unpaired) electrons. The van der Waals surface area contributed by atoms with Crippen LogP contribution < -0.4 is 22.1 Å². The van der Waals surface area contributed by atoms with Crippen molar-refractivity contribution >= 4 is 28.2 Å². The van der Waals surface area contributed by atoms with Crippen LogP contribution in [0.3, 0.4) is 0 Å². The second-order valence-corrected chi connectivity index (χ2v) is 5.12. The molecule has 112 valence electrons. The van der Waals surface area contributed by atoms with Gasteiger partial charge in [-0.2, -0.15) is 0 Å². The molecule has 1 aromatic carbocycles. The standard InChI is InChI=1S/C14H18N4O2S/c1-3-18-10-7-5-4-6-9(10)12(19)11(13(18)20)8(2)16-17-14(15)21/h4-8,16,19H,3H2,1-2H3,(H3,15,17,21). The number of hydrogen-bond donors (Lipinski definition) is 4. The minimum Gasteiger partial charge on any atom is -0.507 e. The van der Waals surface area contributed by atoms with Crippen molar-refractivity contribution in [2.24, 2.45) is 5.73 Å². The molecule has 0 aliphatic heterocycles. The van der Waals surface area contributed by atoms with Crippen LogP contribution >= 0.6 is 12.2 Å². The number of hydrogen-bond acceptors (Lipinski definition) is 4. The first kappa shape index (κ1) is 15.3. The number of rotatable bonds is 4. The van der Waals surface area contributed by atoms with Gasteiger partial charge in [0.15, 0.2) is 5.11 Å². The third-order valence-electron chi connectivity index (χ3n) is 3.34. The number of benzene rings is 1. The minimum absolute atomic E-state index is 0.0231. The van der Waals surface area contributed by atoms with Gasteiger partial charge in [0.05, 0.1) is 17.1 Å². The molecule has 0 amide bonds. The van der Waals surface area contributed by atoms with Crippen LogP contribution in [0.4, 0.5) is 0 Å². The topological polar surface area (TPSA) is 92.3 Å². The lowest BCUT2D eigenvalue weighted by atomic mass is 10.1. The van der Waals surface area contributed by atoms with E-state index in [9.17, 15) is 9.90 Å². The molecule has 1 atom stereocenters. The maximum Gasteiger partial charge on any atom is 0.259 e. The Morgan fingerprint density at radius 2 is 2.14 bits per heavy atom. The van der Waals surface area contributed by atoms with Crippen molar-refractivity contribution in [1.29, 1.82) is 0 Å². The molecule has 7 heteroatoms. The molecular weight excluding hydrogens is 288 g/mol. The average Bonchev–Trinajstić information content (AvgIpc) is 2.46. The van der Waals surface area contributed by atoms with E-state index in [4.69, 9.17) is 18.0 Å². The van der Waals surface area contributed by atoms with Gasteiger partial charge < -0.3 is 15.4 Å². The Morgan fingerprint density at radius 3 is 2.76 bits per heavy atom. The third-order valence-corrected chi connectivity index (χ3v) is 3.44. The first-order chi connectivity index (χ1) is 9.97. The first-order valence-corrected chi connectivity index (χ1v) is 7.03. The van der Waals surface area contributed by atoms with Crippen LogP contribution in [0.25, 0.3) is 10.9 Å². The van der Waals surface area contributed by atoms with Gasteiger partial charge in [-0.1, -0.05) is 12.1 Å². The molecule has 0 aliphatic carbocycles. The van der Waals surface area contributed by atoms with E-state index in [1.807, 2.05) is 25.1 Å². The quantitative estimate of drug-likeness (QED) is 0.500. The lowest BCUT2D eigenvalue weighted by Crippen LogP contribution is -2.43. The van der Waals surface area contributed by atoms with Gasteiger partial charge in [0.1, 0.15) is 5.75 Å². The van der Waals surface area contributed by atoms with Gasteiger partial charge in [0, 0.05) is 11.9 Å². The van der Waals surface area contributed by atoms with Gasteiger partial charge in [-0.3, -0.25) is 10.2 Å². The predicted octanol–water partition coefficient (Wildman–Crippen LogP) is 1.13. The molecule has 0 bridgehead atoms. The first-order valence-electron chi connectivity index (χ1n) is 6.62. The number of aromatic nitrogens is 1. The van der Waals surface area contributed by atoms with Crippen molar-refractivity contribution in [3.8, 4) is 5.75 Å². The monoisotopic (exact) mass is 306 g/mol. The number of pyridine rings is 1. The van der Waals surface area contributed by atoms with Gasteiger partial charge in [0.2, 0.25) is 0 Å². The largest absolute Gasteiger partial charge is 0.507 e. The zero-order chi connectivity index (χ0) is 15.6. The minimum atomic E-state index is -0.457. The molecule has 2 rings (SSSR count). The normalized spacial score (nSPS) is 12.3. The second-order valence-electron chi connectivity index (χ2n) is 4.68. The van der Waals surface area contributed by atoms with Gasteiger partial charge >= 0.3 is 0 Å². The third kappa shape index (κ3) is 2.84. The second kappa shape index (κ2) is 6.11. The highest BCUT2D eigenvalue weighted by Gasteiger charge is 2.20. The fourth-order valence-electron chi connectivity index (χ4n) is 2.37. The molecule has 0 spiro atoms. The zero-order valence-corrected chi connectivity index (χ0v) is 12.7. The van der Waals surface area contributed by atoms with Gasteiger partial charge in [-0.15, -0.1) is 0 Å². The van der Waals surface area contributed by atoms with E-state index >= 15 is 0 Å². The Labute approximate surface area is 127 Å². The zero-order valence-electron chi connectivity index (χ0n) is 11.9. The van der Waals surface area contributed by atoms with Crippen LogP contribution in [-0.2, 0) is 6.54 Å². The highest BCUT2D eigenvalue weighted by molar-refractivity contribution is 7.80. The summed E-state index contributed by atoms with van der Waals surface area (Å²) in [6.07, 6.45) is 0. The van der Waals surface area contributed by atoms with Crippen LogP contribution in [0.15, 0.2) is 29.1 Å². The maximum atomic E-state index is 12.6. The Hall–Kier alpha value is -2.12. The number of aryl methyl sites for hydroxylation is 1. The smallest absolute Gasteiger partial charge is 0.259 e. The SMILES string of the molecule is CCn1c(=O)c(C(C)NNC(N)=S)c(O)c2ccccc21. The Morgan fingerprint density at radius 1 is 1.48 bits per heavy atom. The van der Waals surface area contributed by atoms with Crippen LogP contribution in [0.1, 0.15) is 25.5 Å². The van der Waals surface area contributed by atoms with Crippen LogP contribution in [-0.4, -0.2) is 14.8 Å². The molecule has 21 heavy (non-hydrogen) atoms. The van der Waals surface area contributed by atoms with E-state index in [2.05, 4.69) is 10.9 Å².